The number of nitrogens with one attached hydrogen (secondary N) is 1. The van der Waals surface area contributed by atoms with Crippen molar-refractivity contribution >= 4 is 35.2 Å². The molecule has 1 aromatic carbocycles. The molecule has 0 saturated carbocycles. The lowest BCUT2D eigenvalue weighted by Gasteiger charge is -2.27. The summed E-state index contributed by atoms with van der Waals surface area (Å²) in [5, 5.41) is 2.28. The first kappa shape index (κ1) is 17.7. The Morgan fingerprint density at radius 3 is 2.67 bits per heavy atom. The molecule has 2 rings (SSSR count). The number of benzene rings is 1. The number of hydrogen-bond donors (Lipinski definition) is 1. The Hall–Kier alpha value is -2.68. The Morgan fingerprint density at radius 2 is 2.04 bits per heavy atom. The number of halogens is 3. The Kier molecular flexibility index (Phi) is 5.03. The van der Waals surface area contributed by atoms with Gasteiger partial charge in [0, 0.05) is 6.54 Å². The lowest BCUT2D eigenvalue weighted by molar-refractivity contribution is -0.274. The second-order valence-electron chi connectivity index (χ2n) is 4.64. The highest BCUT2D eigenvalue weighted by molar-refractivity contribution is 7.80. The molecule has 5 nitrogen and oxygen atoms in total. The van der Waals surface area contributed by atoms with Crippen molar-refractivity contribution in [1.29, 1.82) is 0 Å². The minimum absolute atomic E-state index is 0.0591. The van der Waals surface area contributed by atoms with E-state index >= 15 is 0 Å². The van der Waals surface area contributed by atoms with Crippen molar-refractivity contribution in [2.45, 2.75) is 6.36 Å². The number of nitrogens with zero attached hydrogens (tertiary/aromatic N) is 1. The van der Waals surface area contributed by atoms with Gasteiger partial charge in [-0.1, -0.05) is 18.2 Å². The van der Waals surface area contributed by atoms with E-state index in [1.807, 2.05) is 0 Å². The number of alkyl halides is 3. The Labute approximate surface area is 140 Å². The van der Waals surface area contributed by atoms with Crippen molar-refractivity contribution in [3.05, 3.63) is 48.1 Å². The fraction of sp³-hybridized carbons (Fsp3) is 0.133. The van der Waals surface area contributed by atoms with E-state index in [-0.39, 0.29) is 22.8 Å². The maximum absolute atomic E-state index is 12.3. The molecule has 0 aromatic heterocycles. The number of carbonyl (C=O) groups is 2. The van der Waals surface area contributed by atoms with Gasteiger partial charge in [-0.2, -0.15) is 0 Å². The third kappa shape index (κ3) is 4.19. The largest absolute Gasteiger partial charge is 0.573 e. The van der Waals surface area contributed by atoms with Gasteiger partial charge < -0.3 is 4.74 Å². The van der Waals surface area contributed by atoms with Crippen molar-refractivity contribution in [2.75, 3.05) is 6.54 Å². The van der Waals surface area contributed by atoms with Crippen molar-refractivity contribution in [2.24, 2.45) is 0 Å². The van der Waals surface area contributed by atoms with Crippen LogP contribution in [-0.2, 0) is 9.59 Å². The van der Waals surface area contributed by atoms with Gasteiger partial charge in [0.25, 0.3) is 11.8 Å². The molecule has 126 valence electrons. The molecule has 2 amide bonds. The molecule has 1 aliphatic heterocycles. The van der Waals surface area contributed by atoms with Crippen LogP contribution in [0.1, 0.15) is 5.56 Å². The van der Waals surface area contributed by atoms with Gasteiger partial charge in [0.05, 0.1) is 0 Å². The van der Waals surface area contributed by atoms with Crippen LogP contribution in [-0.4, -0.2) is 34.7 Å². The van der Waals surface area contributed by atoms with E-state index in [0.29, 0.717) is 0 Å². The van der Waals surface area contributed by atoms with Gasteiger partial charge in [-0.15, -0.1) is 19.8 Å². The van der Waals surface area contributed by atoms with Gasteiger partial charge in [-0.3, -0.25) is 19.8 Å². The molecule has 0 radical (unpaired) electrons. The molecular formula is C15H11F3N2O3S. The molecule has 1 N–H and O–H groups in total. The zero-order valence-electron chi connectivity index (χ0n) is 12.1. The van der Waals surface area contributed by atoms with Crippen LogP contribution >= 0.6 is 12.2 Å². The van der Waals surface area contributed by atoms with Gasteiger partial charge >= 0.3 is 6.36 Å². The van der Waals surface area contributed by atoms with Gasteiger partial charge in [0.2, 0.25) is 0 Å². The third-order valence-corrected chi connectivity index (χ3v) is 3.22. The minimum atomic E-state index is -4.84. The van der Waals surface area contributed by atoms with Gasteiger partial charge in [0.15, 0.2) is 5.11 Å². The van der Waals surface area contributed by atoms with E-state index in [9.17, 15) is 22.8 Å². The van der Waals surface area contributed by atoms with Crippen LogP contribution in [0.15, 0.2) is 42.5 Å². The van der Waals surface area contributed by atoms with Gasteiger partial charge in [0.1, 0.15) is 11.3 Å². The average Bonchev–Trinajstić information content (AvgIpc) is 2.46. The summed E-state index contributed by atoms with van der Waals surface area (Å²) in [4.78, 5) is 25.4. The van der Waals surface area contributed by atoms with E-state index in [4.69, 9.17) is 12.2 Å². The molecule has 0 atom stereocenters. The van der Waals surface area contributed by atoms with E-state index < -0.39 is 23.9 Å². The number of ether oxygens (including phenoxy) is 1. The van der Waals surface area contributed by atoms with Crippen LogP contribution in [0.25, 0.3) is 6.08 Å². The van der Waals surface area contributed by atoms with E-state index in [1.54, 1.807) is 0 Å². The molecule has 9 heteroatoms. The number of hydrogen-bond acceptors (Lipinski definition) is 4. The number of thiocarbonyl (C=S) groups is 1. The van der Waals surface area contributed by atoms with Crippen LogP contribution in [0.4, 0.5) is 13.2 Å². The summed E-state index contributed by atoms with van der Waals surface area (Å²) in [6, 6.07) is 4.91. The number of carbonyl (C=O) groups excluding carboxylic acids is 2. The number of rotatable bonds is 4. The zero-order chi connectivity index (χ0) is 17.9. The lowest BCUT2D eigenvalue weighted by Crippen LogP contribution is -2.53. The highest BCUT2D eigenvalue weighted by atomic mass is 32.1. The van der Waals surface area contributed by atoms with Crippen molar-refractivity contribution in [3.8, 4) is 5.75 Å². The van der Waals surface area contributed by atoms with Gasteiger partial charge in [-0.05, 0) is 36.0 Å². The Morgan fingerprint density at radius 1 is 1.33 bits per heavy atom. The van der Waals surface area contributed by atoms with Crippen LogP contribution in [0.2, 0.25) is 0 Å². The molecule has 1 aliphatic rings. The van der Waals surface area contributed by atoms with E-state index in [2.05, 4.69) is 16.6 Å². The Bertz CT molecular complexity index is 744. The molecule has 0 aliphatic carbocycles. The van der Waals surface area contributed by atoms with Crippen LogP contribution in [0.5, 0.6) is 5.75 Å². The first-order valence-electron chi connectivity index (χ1n) is 6.57. The molecule has 1 heterocycles. The number of amides is 2. The van der Waals surface area contributed by atoms with E-state index in [0.717, 1.165) is 17.0 Å². The molecule has 0 bridgehead atoms. The molecule has 1 aromatic rings. The summed E-state index contributed by atoms with van der Waals surface area (Å²) < 4.78 is 40.5. The quantitative estimate of drug-likeness (QED) is 0.390. The Balaban J connectivity index is 2.33. The summed E-state index contributed by atoms with van der Waals surface area (Å²) in [7, 11) is 0. The average molecular weight is 356 g/mol. The molecule has 1 fully saturated rings. The van der Waals surface area contributed by atoms with Crippen molar-refractivity contribution in [3.63, 3.8) is 0 Å². The maximum atomic E-state index is 12.3. The second kappa shape index (κ2) is 6.83. The second-order valence-corrected chi connectivity index (χ2v) is 5.03. The smallest absolute Gasteiger partial charge is 0.406 e. The maximum Gasteiger partial charge on any atom is 0.573 e. The minimum Gasteiger partial charge on any atom is -0.406 e. The normalized spacial score (nSPS) is 17.0. The first-order valence-corrected chi connectivity index (χ1v) is 6.97. The summed E-state index contributed by atoms with van der Waals surface area (Å²) >= 11 is 4.90. The monoisotopic (exact) mass is 356 g/mol. The highest BCUT2D eigenvalue weighted by Crippen LogP contribution is 2.24. The molecule has 0 spiro atoms. The predicted molar refractivity (Wildman–Crippen MR) is 83.8 cm³/mol. The first-order chi connectivity index (χ1) is 11.2. The molecule has 24 heavy (non-hydrogen) atoms. The third-order valence-electron chi connectivity index (χ3n) is 2.90. The molecule has 1 saturated heterocycles. The lowest BCUT2D eigenvalue weighted by atomic mass is 10.1. The fourth-order valence-corrected chi connectivity index (χ4v) is 2.21. The van der Waals surface area contributed by atoms with Crippen molar-refractivity contribution in [1.82, 2.24) is 10.2 Å². The topological polar surface area (TPSA) is 58.6 Å². The summed E-state index contributed by atoms with van der Waals surface area (Å²) in [5.74, 6) is -1.85. The summed E-state index contributed by atoms with van der Waals surface area (Å²) in [5.41, 5.74) is -0.0590. The zero-order valence-corrected chi connectivity index (χ0v) is 12.9. The van der Waals surface area contributed by atoms with Crippen LogP contribution in [0, 0.1) is 0 Å². The molecular weight excluding hydrogens is 345 g/mol. The standard InChI is InChI=1S/C15H11F3N2O3S/c1-2-6-20-13(22)11(12(21)19-14(20)24)8-9-4-3-5-10(7-9)23-15(16,17)18/h2-5,7-8H,1,6H2,(H,19,21,24). The van der Waals surface area contributed by atoms with Crippen molar-refractivity contribution < 1.29 is 27.5 Å². The van der Waals surface area contributed by atoms with Crippen LogP contribution < -0.4 is 10.1 Å². The highest BCUT2D eigenvalue weighted by Gasteiger charge is 2.33. The summed E-state index contributed by atoms with van der Waals surface area (Å²) in [6.45, 7) is 3.58. The van der Waals surface area contributed by atoms with E-state index in [1.165, 1.54) is 24.3 Å². The fourth-order valence-electron chi connectivity index (χ4n) is 1.96. The predicted octanol–water partition coefficient (Wildman–Crippen LogP) is 2.40. The van der Waals surface area contributed by atoms with Crippen LogP contribution in [0.3, 0.4) is 0 Å². The SMILES string of the molecule is C=CCN1C(=O)C(=Cc2cccc(OC(F)(F)F)c2)C(=O)NC1=S. The van der Waals surface area contributed by atoms with Gasteiger partial charge in [-0.25, -0.2) is 0 Å². The molecule has 0 unspecified atom stereocenters. The summed E-state index contributed by atoms with van der Waals surface area (Å²) in [6.07, 6.45) is -2.24.